The normalized spacial score (nSPS) is 11.7. The Morgan fingerprint density at radius 2 is 1.18 bits per heavy atom. The van der Waals surface area contributed by atoms with E-state index in [9.17, 15) is 0 Å². The van der Waals surface area contributed by atoms with Crippen LogP contribution in [0.3, 0.4) is 0 Å². The molecule has 0 atom stereocenters. The minimum Gasteiger partial charge on any atom is -0.456 e. The molecule has 0 spiro atoms. The molecule has 0 saturated carbocycles. The number of aromatic nitrogens is 3. The highest BCUT2D eigenvalue weighted by Crippen LogP contribution is 2.37. The van der Waals surface area contributed by atoms with Gasteiger partial charge in [-0.25, -0.2) is 15.0 Å². The minimum absolute atomic E-state index is 0.559. The number of furan rings is 2. The summed E-state index contributed by atoms with van der Waals surface area (Å²) in [5.41, 5.74) is 5.77. The van der Waals surface area contributed by atoms with Crippen LogP contribution in [0.5, 0.6) is 0 Å². The number of hydrogen-bond acceptors (Lipinski definition) is 5. The lowest BCUT2D eigenvalue weighted by Gasteiger charge is -2.09. The van der Waals surface area contributed by atoms with E-state index in [0.717, 1.165) is 60.6 Å². The Hall–Kier alpha value is -5.00. The number of hydrogen-bond donors (Lipinski definition) is 0. The topological polar surface area (TPSA) is 65.0 Å². The van der Waals surface area contributed by atoms with Gasteiger partial charge in [0.2, 0.25) is 0 Å². The molecule has 5 aromatic carbocycles. The van der Waals surface area contributed by atoms with Gasteiger partial charge in [0, 0.05) is 43.3 Å². The second-order valence-corrected chi connectivity index (χ2v) is 9.84. The zero-order chi connectivity index (χ0) is 25.9. The lowest BCUT2D eigenvalue weighted by molar-refractivity contribution is 0.668. The molecule has 0 aliphatic heterocycles. The van der Waals surface area contributed by atoms with Gasteiger partial charge in [0.05, 0.1) is 0 Å². The fourth-order valence-corrected chi connectivity index (χ4v) is 5.36. The van der Waals surface area contributed by atoms with Crippen LogP contribution >= 0.6 is 11.6 Å². The SMILES string of the molecule is Clc1ccc2oc3cc(-c4nc(-c5ccccc5)nc(-c5cccc6oc7ccccc7c56)n4)ccc3c2c1. The Bertz CT molecular complexity index is 2200. The monoisotopic (exact) mass is 523 g/mol. The van der Waals surface area contributed by atoms with Crippen LogP contribution in [-0.4, -0.2) is 15.0 Å². The summed E-state index contributed by atoms with van der Waals surface area (Å²) in [5.74, 6) is 1.73. The summed E-state index contributed by atoms with van der Waals surface area (Å²) >= 11 is 6.25. The number of para-hydroxylation sites is 1. The fraction of sp³-hybridized carbons (Fsp3) is 0. The molecule has 6 heteroatoms. The van der Waals surface area contributed by atoms with Crippen molar-refractivity contribution in [3.8, 4) is 34.2 Å². The van der Waals surface area contributed by atoms with Gasteiger partial charge in [-0.1, -0.05) is 78.3 Å². The van der Waals surface area contributed by atoms with Gasteiger partial charge in [0.15, 0.2) is 17.5 Å². The van der Waals surface area contributed by atoms with Crippen LogP contribution in [0.2, 0.25) is 5.02 Å². The summed E-state index contributed by atoms with van der Waals surface area (Å²) < 4.78 is 12.3. The summed E-state index contributed by atoms with van der Waals surface area (Å²) in [4.78, 5) is 14.8. The first-order valence-electron chi connectivity index (χ1n) is 12.6. The first kappa shape index (κ1) is 22.0. The molecule has 5 nitrogen and oxygen atoms in total. The predicted molar refractivity (Wildman–Crippen MR) is 156 cm³/mol. The van der Waals surface area contributed by atoms with Crippen LogP contribution in [0.25, 0.3) is 78.0 Å². The van der Waals surface area contributed by atoms with Gasteiger partial charge < -0.3 is 8.83 Å². The lowest BCUT2D eigenvalue weighted by atomic mass is 10.1. The molecule has 0 fully saturated rings. The molecule has 39 heavy (non-hydrogen) atoms. The van der Waals surface area contributed by atoms with Crippen molar-refractivity contribution in [3.05, 3.63) is 114 Å². The number of halogens is 1. The zero-order valence-corrected chi connectivity index (χ0v) is 21.2. The highest BCUT2D eigenvalue weighted by Gasteiger charge is 2.18. The Morgan fingerprint density at radius 1 is 0.462 bits per heavy atom. The van der Waals surface area contributed by atoms with E-state index in [1.165, 1.54) is 0 Å². The van der Waals surface area contributed by atoms with Crippen LogP contribution in [-0.2, 0) is 0 Å². The van der Waals surface area contributed by atoms with Crippen molar-refractivity contribution in [1.82, 2.24) is 15.0 Å². The average Bonchev–Trinajstić information content (AvgIpc) is 3.55. The first-order valence-corrected chi connectivity index (χ1v) is 12.9. The second-order valence-electron chi connectivity index (χ2n) is 9.40. The van der Waals surface area contributed by atoms with Crippen LogP contribution in [0, 0.1) is 0 Å². The van der Waals surface area contributed by atoms with E-state index >= 15 is 0 Å². The fourth-order valence-electron chi connectivity index (χ4n) is 5.19. The average molecular weight is 524 g/mol. The van der Waals surface area contributed by atoms with Crippen molar-refractivity contribution in [2.45, 2.75) is 0 Å². The van der Waals surface area contributed by atoms with Crippen LogP contribution in [0.1, 0.15) is 0 Å². The third-order valence-corrected chi connectivity index (χ3v) is 7.24. The molecule has 0 unspecified atom stereocenters. The maximum absolute atomic E-state index is 6.25. The number of nitrogens with zero attached hydrogens (tertiary/aromatic N) is 3. The van der Waals surface area contributed by atoms with E-state index < -0.39 is 0 Å². The molecule has 0 amide bonds. The molecular formula is C33H18ClN3O2. The molecule has 0 bridgehead atoms. The lowest BCUT2D eigenvalue weighted by Crippen LogP contribution is -2.00. The maximum Gasteiger partial charge on any atom is 0.164 e. The molecule has 0 aliphatic rings. The van der Waals surface area contributed by atoms with E-state index in [1.54, 1.807) is 0 Å². The van der Waals surface area contributed by atoms with E-state index in [0.29, 0.717) is 22.5 Å². The molecule has 0 radical (unpaired) electrons. The number of fused-ring (bicyclic) bond motifs is 6. The van der Waals surface area contributed by atoms with Gasteiger partial charge in [-0.15, -0.1) is 0 Å². The van der Waals surface area contributed by atoms with Crippen molar-refractivity contribution < 1.29 is 8.83 Å². The van der Waals surface area contributed by atoms with E-state index in [-0.39, 0.29) is 0 Å². The predicted octanol–water partition coefficient (Wildman–Crippen LogP) is 9.32. The molecule has 8 rings (SSSR count). The molecule has 3 aromatic heterocycles. The van der Waals surface area contributed by atoms with Gasteiger partial charge in [-0.3, -0.25) is 0 Å². The van der Waals surface area contributed by atoms with Crippen molar-refractivity contribution in [3.63, 3.8) is 0 Å². The van der Waals surface area contributed by atoms with Gasteiger partial charge in [-0.2, -0.15) is 0 Å². The zero-order valence-electron chi connectivity index (χ0n) is 20.4. The summed E-state index contributed by atoms with van der Waals surface area (Å²) in [6, 6.07) is 35.6. The van der Waals surface area contributed by atoms with Gasteiger partial charge in [-0.05, 0) is 42.5 Å². The Balaban J connectivity index is 1.38. The van der Waals surface area contributed by atoms with Crippen molar-refractivity contribution in [1.29, 1.82) is 0 Å². The van der Waals surface area contributed by atoms with E-state index in [4.69, 9.17) is 35.4 Å². The summed E-state index contributed by atoms with van der Waals surface area (Å²) in [6.45, 7) is 0. The third kappa shape index (κ3) is 3.59. The molecule has 3 heterocycles. The molecule has 184 valence electrons. The summed E-state index contributed by atoms with van der Waals surface area (Å²) in [7, 11) is 0. The highest BCUT2D eigenvalue weighted by molar-refractivity contribution is 6.31. The number of benzene rings is 5. The molecule has 0 aliphatic carbocycles. The van der Waals surface area contributed by atoms with E-state index in [2.05, 4.69) is 6.07 Å². The minimum atomic E-state index is 0.559. The van der Waals surface area contributed by atoms with Gasteiger partial charge in [0.25, 0.3) is 0 Å². The Morgan fingerprint density at radius 3 is 2.08 bits per heavy atom. The third-order valence-electron chi connectivity index (χ3n) is 7.00. The van der Waals surface area contributed by atoms with Crippen molar-refractivity contribution in [2.24, 2.45) is 0 Å². The smallest absolute Gasteiger partial charge is 0.164 e. The Labute approximate surface area is 227 Å². The van der Waals surface area contributed by atoms with E-state index in [1.807, 2.05) is 103 Å². The van der Waals surface area contributed by atoms with Crippen molar-refractivity contribution >= 4 is 55.5 Å². The first-order chi connectivity index (χ1) is 19.2. The van der Waals surface area contributed by atoms with Crippen LogP contribution < -0.4 is 0 Å². The van der Waals surface area contributed by atoms with Gasteiger partial charge in [0.1, 0.15) is 22.3 Å². The van der Waals surface area contributed by atoms with Gasteiger partial charge >= 0.3 is 0 Å². The number of rotatable bonds is 3. The quantitative estimate of drug-likeness (QED) is 0.231. The van der Waals surface area contributed by atoms with Crippen LogP contribution in [0.15, 0.2) is 118 Å². The summed E-state index contributed by atoms with van der Waals surface area (Å²) in [6.07, 6.45) is 0. The second kappa shape index (κ2) is 8.51. The molecule has 0 saturated heterocycles. The molecule has 0 N–H and O–H groups in total. The maximum atomic E-state index is 6.25. The summed E-state index contributed by atoms with van der Waals surface area (Å²) in [5, 5.41) is 4.64. The standard InChI is InChI=1S/C33H18ClN3O2/c34-21-14-16-27-25(18-21)22-15-13-20(17-29(22)39-27)32-35-31(19-7-2-1-3-8-19)36-33(37-32)24-10-6-12-28-30(24)23-9-4-5-11-26(23)38-28/h1-18H. The Kier molecular flexibility index (Phi) is 4.81. The van der Waals surface area contributed by atoms with Crippen LogP contribution in [0.4, 0.5) is 0 Å². The van der Waals surface area contributed by atoms with Crippen molar-refractivity contribution in [2.75, 3.05) is 0 Å². The molecule has 8 aromatic rings. The highest BCUT2D eigenvalue weighted by atomic mass is 35.5. The molecular weight excluding hydrogens is 506 g/mol. The largest absolute Gasteiger partial charge is 0.456 e.